The van der Waals surface area contributed by atoms with Crippen LogP contribution in [0.4, 0.5) is 27.9 Å². The van der Waals surface area contributed by atoms with Crippen molar-refractivity contribution in [2.75, 3.05) is 22.1 Å². The molecule has 0 spiro atoms. The quantitative estimate of drug-likeness (QED) is 0.279. The molecule has 9 heteroatoms. The molecule has 5 rings (SSSR count). The second-order valence-corrected chi connectivity index (χ2v) is 8.38. The van der Waals surface area contributed by atoms with Crippen molar-refractivity contribution in [3.8, 4) is 11.4 Å². The summed E-state index contributed by atoms with van der Waals surface area (Å²) in [6.07, 6.45) is 1.85. The van der Waals surface area contributed by atoms with E-state index in [-0.39, 0.29) is 5.91 Å². The van der Waals surface area contributed by atoms with Crippen molar-refractivity contribution >= 4 is 50.8 Å². The highest BCUT2D eigenvalue weighted by atomic mass is 32.1. The summed E-state index contributed by atoms with van der Waals surface area (Å²) in [5.41, 5.74) is 18.4. The number of nitrogens with two attached hydrogens (primary N) is 2. The number of thiazole rings is 1. The fourth-order valence-electron chi connectivity index (χ4n) is 3.56. The van der Waals surface area contributed by atoms with Gasteiger partial charge in [0.2, 0.25) is 0 Å². The normalized spacial score (nSPS) is 10.9. The lowest BCUT2D eigenvalue weighted by Gasteiger charge is -2.08. The number of aromatic nitrogens is 3. The lowest BCUT2D eigenvalue weighted by Crippen LogP contribution is -2.13. The van der Waals surface area contributed by atoms with Gasteiger partial charge in [-0.05, 0) is 55.5 Å². The van der Waals surface area contributed by atoms with E-state index in [9.17, 15) is 4.79 Å². The van der Waals surface area contributed by atoms with E-state index >= 15 is 0 Å². The maximum absolute atomic E-state index is 12.5. The maximum atomic E-state index is 12.5. The van der Waals surface area contributed by atoms with Crippen LogP contribution in [-0.2, 0) is 0 Å². The molecule has 0 saturated heterocycles. The van der Waals surface area contributed by atoms with Crippen molar-refractivity contribution < 1.29 is 4.79 Å². The van der Waals surface area contributed by atoms with Crippen LogP contribution < -0.4 is 22.1 Å². The molecule has 3 heterocycles. The van der Waals surface area contributed by atoms with Crippen LogP contribution in [0.2, 0.25) is 0 Å². The molecule has 5 aromatic rings. The minimum absolute atomic E-state index is 0.224. The Balaban J connectivity index is 1.32. The Morgan fingerprint density at radius 3 is 2.58 bits per heavy atom. The molecule has 0 aliphatic carbocycles. The van der Waals surface area contributed by atoms with Crippen molar-refractivity contribution in [2.24, 2.45) is 0 Å². The SMILES string of the molecule is Cc1nc2ccc(N)cn2c1-c1csc(Nc2ccc(C(=O)Nc3ccccc3N)cc2)n1. The van der Waals surface area contributed by atoms with E-state index in [1.165, 1.54) is 11.3 Å². The number of carbonyl (C=O) groups is 1. The first-order valence-corrected chi connectivity index (χ1v) is 11.1. The number of para-hydroxylation sites is 2. The van der Waals surface area contributed by atoms with Gasteiger partial charge >= 0.3 is 0 Å². The number of nitrogens with one attached hydrogen (secondary N) is 2. The van der Waals surface area contributed by atoms with Crippen molar-refractivity contribution in [1.29, 1.82) is 0 Å². The third kappa shape index (κ3) is 4.09. The summed E-state index contributed by atoms with van der Waals surface area (Å²) in [7, 11) is 0. The molecule has 33 heavy (non-hydrogen) atoms. The summed E-state index contributed by atoms with van der Waals surface area (Å²) >= 11 is 1.49. The van der Waals surface area contributed by atoms with Crippen LogP contribution in [0.1, 0.15) is 16.1 Å². The number of rotatable bonds is 5. The highest BCUT2D eigenvalue weighted by Crippen LogP contribution is 2.30. The molecule has 0 atom stereocenters. The number of amides is 1. The molecule has 8 nitrogen and oxygen atoms in total. The summed E-state index contributed by atoms with van der Waals surface area (Å²) in [4.78, 5) is 21.8. The van der Waals surface area contributed by atoms with E-state index in [0.29, 0.717) is 22.6 Å². The van der Waals surface area contributed by atoms with Crippen LogP contribution >= 0.6 is 11.3 Å². The number of pyridine rings is 1. The molecule has 0 aliphatic rings. The number of anilines is 5. The van der Waals surface area contributed by atoms with Gasteiger partial charge in [0.15, 0.2) is 5.13 Å². The molecule has 3 aromatic heterocycles. The van der Waals surface area contributed by atoms with Crippen molar-refractivity contribution in [3.05, 3.63) is 83.5 Å². The number of carbonyl (C=O) groups excluding carboxylic acids is 1. The van der Waals surface area contributed by atoms with Crippen LogP contribution in [0.3, 0.4) is 0 Å². The van der Waals surface area contributed by atoms with Crippen molar-refractivity contribution in [2.45, 2.75) is 6.92 Å². The van der Waals surface area contributed by atoms with Gasteiger partial charge in [-0.2, -0.15) is 0 Å². The Kier molecular flexibility index (Phi) is 5.15. The molecular formula is C24H21N7OS. The number of hydrogen-bond acceptors (Lipinski definition) is 7. The smallest absolute Gasteiger partial charge is 0.255 e. The Bertz CT molecular complexity index is 1470. The standard InChI is InChI=1S/C24H21N7OS/c1-14-22(31-12-16(25)8-11-21(31)27-14)20-13-33-24(30-20)28-17-9-6-15(7-10-17)23(32)29-19-5-3-2-4-18(19)26/h2-13H,25-26H2,1H3,(H,28,30)(H,29,32). The Hall–Kier alpha value is -4.37. The number of benzene rings is 2. The predicted octanol–water partition coefficient (Wildman–Crippen LogP) is 4.93. The van der Waals surface area contributed by atoms with Gasteiger partial charge in [0, 0.05) is 28.5 Å². The third-order valence-electron chi connectivity index (χ3n) is 5.17. The molecule has 0 aliphatic heterocycles. The second-order valence-electron chi connectivity index (χ2n) is 7.52. The zero-order chi connectivity index (χ0) is 22.9. The molecule has 1 amide bonds. The minimum Gasteiger partial charge on any atom is -0.398 e. The van der Waals surface area contributed by atoms with Crippen molar-refractivity contribution in [1.82, 2.24) is 14.4 Å². The third-order valence-corrected chi connectivity index (χ3v) is 5.93. The Morgan fingerprint density at radius 1 is 1.00 bits per heavy atom. The highest BCUT2D eigenvalue weighted by molar-refractivity contribution is 7.14. The van der Waals surface area contributed by atoms with E-state index in [0.717, 1.165) is 33.5 Å². The van der Waals surface area contributed by atoms with Gasteiger partial charge in [0.1, 0.15) is 11.3 Å². The van der Waals surface area contributed by atoms with E-state index < -0.39 is 0 Å². The van der Waals surface area contributed by atoms with Gasteiger partial charge in [0.25, 0.3) is 5.91 Å². The van der Waals surface area contributed by atoms with Crippen LogP contribution in [0.5, 0.6) is 0 Å². The Morgan fingerprint density at radius 2 is 1.79 bits per heavy atom. The average Bonchev–Trinajstić information content (AvgIpc) is 3.38. The minimum atomic E-state index is -0.224. The fourth-order valence-corrected chi connectivity index (χ4v) is 4.28. The van der Waals surface area contributed by atoms with Crippen LogP contribution in [0.15, 0.2) is 72.2 Å². The van der Waals surface area contributed by atoms with Gasteiger partial charge < -0.3 is 22.1 Å². The molecule has 0 bridgehead atoms. The van der Waals surface area contributed by atoms with E-state index in [1.54, 1.807) is 24.3 Å². The summed E-state index contributed by atoms with van der Waals surface area (Å²) < 4.78 is 1.95. The molecule has 0 saturated carbocycles. The number of aryl methyl sites for hydroxylation is 1. The zero-order valence-corrected chi connectivity index (χ0v) is 18.6. The fraction of sp³-hybridized carbons (Fsp3) is 0.0417. The van der Waals surface area contributed by atoms with Crippen molar-refractivity contribution in [3.63, 3.8) is 0 Å². The largest absolute Gasteiger partial charge is 0.398 e. The first-order chi connectivity index (χ1) is 16.0. The van der Waals surface area contributed by atoms with Gasteiger partial charge in [-0.15, -0.1) is 11.3 Å². The number of fused-ring (bicyclic) bond motifs is 1. The van der Waals surface area contributed by atoms with Gasteiger partial charge in [-0.3, -0.25) is 9.20 Å². The molecular weight excluding hydrogens is 434 g/mol. The monoisotopic (exact) mass is 455 g/mol. The maximum Gasteiger partial charge on any atom is 0.255 e. The molecule has 2 aromatic carbocycles. The lowest BCUT2D eigenvalue weighted by atomic mass is 10.2. The van der Waals surface area contributed by atoms with Crippen LogP contribution in [-0.4, -0.2) is 20.3 Å². The predicted molar refractivity (Wildman–Crippen MR) is 134 cm³/mol. The van der Waals surface area contributed by atoms with E-state index in [4.69, 9.17) is 16.5 Å². The Labute approximate surface area is 193 Å². The van der Waals surface area contributed by atoms with Gasteiger partial charge in [-0.25, -0.2) is 9.97 Å². The molecule has 0 fully saturated rings. The molecule has 6 N–H and O–H groups in total. The van der Waals surface area contributed by atoms with Crippen LogP contribution in [0, 0.1) is 6.92 Å². The number of nitrogen functional groups attached to an aromatic ring is 2. The average molecular weight is 456 g/mol. The number of imidazole rings is 1. The second kappa shape index (κ2) is 8.29. The first-order valence-electron chi connectivity index (χ1n) is 10.2. The summed E-state index contributed by atoms with van der Waals surface area (Å²) in [5.74, 6) is -0.224. The lowest BCUT2D eigenvalue weighted by molar-refractivity contribution is 0.102. The van der Waals surface area contributed by atoms with Crippen LogP contribution in [0.25, 0.3) is 17.0 Å². The summed E-state index contributed by atoms with van der Waals surface area (Å²) in [6, 6.07) is 18.1. The van der Waals surface area contributed by atoms with Gasteiger partial charge in [0.05, 0.1) is 22.8 Å². The van der Waals surface area contributed by atoms with E-state index in [1.807, 2.05) is 59.3 Å². The molecule has 0 unspecified atom stereocenters. The highest BCUT2D eigenvalue weighted by Gasteiger charge is 2.15. The zero-order valence-electron chi connectivity index (χ0n) is 17.7. The topological polar surface area (TPSA) is 123 Å². The number of hydrogen-bond donors (Lipinski definition) is 4. The number of nitrogens with zero attached hydrogens (tertiary/aromatic N) is 3. The van der Waals surface area contributed by atoms with E-state index in [2.05, 4.69) is 15.6 Å². The molecule has 0 radical (unpaired) electrons. The summed E-state index contributed by atoms with van der Waals surface area (Å²) in [6.45, 7) is 1.96. The van der Waals surface area contributed by atoms with Gasteiger partial charge in [-0.1, -0.05) is 12.1 Å². The first kappa shape index (κ1) is 20.5. The molecule has 164 valence electrons. The summed E-state index contributed by atoms with van der Waals surface area (Å²) in [5, 5.41) is 8.83.